The molecule has 0 saturated heterocycles. The molecule has 0 aliphatic rings. The highest BCUT2D eigenvalue weighted by molar-refractivity contribution is 7.47. The van der Waals surface area contributed by atoms with Crippen molar-refractivity contribution in [3.8, 4) is 12.5 Å². The molecular formula is C6H11O4P. The monoisotopic (exact) mass is 178 g/mol. The van der Waals surface area contributed by atoms with Gasteiger partial charge in [-0.3, -0.25) is 9.42 Å². The third kappa shape index (κ3) is 5.93. The third-order valence-corrected chi connectivity index (χ3v) is 1.67. The summed E-state index contributed by atoms with van der Waals surface area (Å²) in [4.78, 5) is 8.82. The Morgan fingerprint density at radius 1 is 1.55 bits per heavy atom. The predicted molar refractivity (Wildman–Crippen MR) is 40.6 cm³/mol. The molecule has 0 saturated carbocycles. The molecule has 1 atom stereocenters. The molecule has 0 spiro atoms. The summed E-state index contributed by atoms with van der Waals surface area (Å²) in [6.45, 7) is 4.86. The van der Waals surface area contributed by atoms with E-state index in [1.807, 2.05) is 0 Å². The van der Waals surface area contributed by atoms with E-state index in [2.05, 4.69) is 15.5 Å². The molecule has 0 radical (unpaired) electrons. The Morgan fingerprint density at radius 3 is 2.27 bits per heavy atom. The molecule has 1 unspecified atom stereocenters. The van der Waals surface area contributed by atoms with Crippen molar-refractivity contribution in [2.24, 2.45) is 0 Å². The van der Waals surface area contributed by atoms with Crippen LogP contribution in [0.5, 0.6) is 0 Å². The van der Waals surface area contributed by atoms with Crippen molar-refractivity contribution in [3.05, 3.63) is 0 Å². The van der Waals surface area contributed by atoms with Gasteiger partial charge in [0.15, 0.2) is 0 Å². The summed E-state index contributed by atoms with van der Waals surface area (Å²) in [6.07, 6.45) is 6.24. The summed E-state index contributed by atoms with van der Waals surface area (Å²) >= 11 is 0. The summed E-state index contributed by atoms with van der Waals surface area (Å²) in [5, 5.41) is 0. The second-order valence-corrected chi connectivity index (χ2v) is 4.18. The van der Waals surface area contributed by atoms with E-state index in [9.17, 15) is 4.57 Å². The van der Waals surface area contributed by atoms with E-state index in [0.717, 1.165) is 0 Å². The summed E-state index contributed by atoms with van der Waals surface area (Å²) < 4.78 is 19.4. The maximum atomic E-state index is 10.8. The SMILES string of the molecule is C#COP(=O)(O)OC(C)(C)C. The second kappa shape index (κ2) is 3.27. The number of phosphoric acid groups is 1. The van der Waals surface area contributed by atoms with Crippen LogP contribution in [-0.4, -0.2) is 10.5 Å². The van der Waals surface area contributed by atoms with Gasteiger partial charge in [-0.15, -0.1) is 0 Å². The lowest BCUT2D eigenvalue weighted by atomic mass is 10.2. The van der Waals surface area contributed by atoms with Crippen molar-refractivity contribution in [1.29, 1.82) is 0 Å². The first-order valence-electron chi connectivity index (χ1n) is 2.94. The topological polar surface area (TPSA) is 55.8 Å². The van der Waals surface area contributed by atoms with Gasteiger partial charge in [0.2, 0.25) is 0 Å². The molecule has 11 heavy (non-hydrogen) atoms. The Hall–Kier alpha value is -0.490. The number of terminal acetylenes is 1. The van der Waals surface area contributed by atoms with Crippen LogP contribution in [0.3, 0.4) is 0 Å². The normalized spacial score (nSPS) is 16.6. The molecular weight excluding hydrogens is 167 g/mol. The van der Waals surface area contributed by atoms with Crippen LogP contribution < -0.4 is 0 Å². The highest BCUT2D eigenvalue weighted by atomic mass is 31.2. The quantitative estimate of drug-likeness (QED) is 0.514. The molecule has 4 nitrogen and oxygen atoms in total. The number of phosphoric ester groups is 1. The maximum Gasteiger partial charge on any atom is 0.536 e. The summed E-state index contributed by atoms with van der Waals surface area (Å²) in [6, 6.07) is 0. The van der Waals surface area contributed by atoms with Crippen LogP contribution >= 0.6 is 7.82 Å². The van der Waals surface area contributed by atoms with Gasteiger partial charge in [-0.2, -0.15) is 0 Å². The van der Waals surface area contributed by atoms with Crippen molar-refractivity contribution in [2.45, 2.75) is 26.4 Å². The zero-order valence-electron chi connectivity index (χ0n) is 6.70. The molecule has 5 heteroatoms. The Kier molecular flexibility index (Phi) is 3.13. The van der Waals surface area contributed by atoms with E-state index in [1.165, 1.54) is 0 Å². The van der Waals surface area contributed by atoms with E-state index in [-0.39, 0.29) is 0 Å². The van der Waals surface area contributed by atoms with Gasteiger partial charge >= 0.3 is 7.82 Å². The average molecular weight is 178 g/mol. The summed E-state index contributed by atoms with van der Waals surface area (Å²) in [5.41, 5.74) is -0.749. The smallest absolute Gasteiger partial charge is 0.350 e. The van der Waals surface area contributed by atoms with Gasteiger partial charge in [-0.1, -0.05) is 6.42 Å². The molecule has 0 rings (SSSR count). The number of hydrogen-bond donors (Lipinski definition) is 1. The molecule has 0 aliphatic carbocycles. The number of rotatable bonds is 2. The molecule has 64 valence electrons. The fourth-order valence-corrected chi connectivity index (χ4v) is 1.29. The van der Waals surface area contributed by atoms with Crippen LogP contribution in [0, 0.1) is 12.5 Å². The lowest BCUT2D eigenvalue weighted by Crippen LogP contribution is -2.17. The summed E-state index contributed by atoms with van der Waals surface area (Å²) in [5.74, 6) is 0. The molecule has 0 bridgehead atoms. The standard InChI is InChI=1S/C6H11O4P/c1-5-9-11(7,8)10-6(2,3)4/h1H,2-4H3,(H,7,8). The first-order chi connectivity index (χ1) is 4.77. The molecule has 0 fully saturated rings. The molecule has 0 aromatic rings. The Morgan fingerprint density at radius 2 is 2.00 bits per heavy atom. The zero-order chi connectivity index (χ0) is 9.12. The van der Waals surface area contributed by atoms with Gasteiger partial charge < -0.3 is 4.52 Å². The van der Waals surface area contributed by atoms with Gasteiger partial charge in [0.25, 0.3) is 0 Å². The molecule has 0 heterocycles. The van der Waals surface area contributed by atoms with E-state index < -0.39 is 13.4 Å². The molecule has 0 amide bonds. The minimum Gasteiger partial charge on any atom is -0.350 e. The molecule has 0 aromatic carbocycles. The van der Waals surface area contributed by atoms with Crippen molar-refractivity contribution in [3.63, 3.8) is 0 Å². The highest BCUT2D eigenvalue weighted by Gasteiger charge is 2.29. The van der Waals surface area contributed by atoms with E-state index in [1.54, 1.807) is 26.9 Å². The van der Waals surface area contributed by atoms with Crippen LogP contribution in [0.25, 0.3) is 0 Å². The minimum atomic E-state index is -4.05. The maximum absolute atomic E-state index is 10.8. The van der Waals surface area contributed by atoms with E-state index in [4.69, 9.17) is 4.89 Å². The Bertz CT molecular complexity index is 210. The fraction of sp³-hybridized carbons (Fsp3) is 0.667. The van der Waals surface area contributed by atoms with Gasteiger partial charge in [0.1, 0.15) is 6.11 Å². The van der Waals surface area contributed by atoms with Crippen molar-refractivity contribution in [2.75, 3.05) is 0 Å². The first kappa shape index (κ1) is 10.5. The van der Waals surface area contributed by atoms with Gasteiger partial charge in [0.05, 0.1) is 5.60 Å². The van der Waals surface area contributed by atoms with E-state index in [0.29, 0.717) is 0 Å². The van der Waals surface area contributed by atoms with Crippen molar-refractivity contribution in [1.82, 2.24) is 0 Å². The van der Waals surface area contributed by atoms with Crippen LogP contribution in [0.1, 0.15) is 20.8 Å². The lowest BCUT2D eigenvalue weighted by molar-refractivity contribution is 0.0804. The Labute approximate surface area is 66.1 Å². The Balaban J connectivity index is 4.16. The van der Waals surface area contributed by atoms with Crippen LogP contribution in [-0.2, 0) is 13.6 Å². The minimum absolute atomic E-state index is 0.749. The predicted octanol–water partition coefficient (Wildman–Crippen LogP) is 1.51. The molecule has 0 aliphatic heterocycles. The van der Waals surface area contributed by atoms with Crippen LogP contribution in [0.2, 0.25) is 0 Å². The van der Waals surface area contributed by atoms with E-state index >= 15 is 0 Å². The summed E-state index contributed by atoms with van der Waals surface area (Å²) in [7, 11) is -4.05. The molecule has 1 N–H and O–H groups in total. The fourth-order valence-electron chi connectivity index (χ4n) is 0.431. The third-order valence-electron chi connectivity index (χ3n) is 0.557. The van der Waals surface area contributed by atoms with Gasteiger partial charge in [-0.05, 0) is 20.8 Å². The van der Waals surface area contributed by atoms with Gasteiger partial charge in [-0.25, -0.2) is 4.57 Å². The highest BCUT2D eigenvalue weighted by Crippen LogP contribution is 2.46. The lowest BCUT2D eigenvalue weighted by Gasteiger charge is -2.20. The average Bonchev–Trinajstić information content (AvgIpc) is 1.55. The van der Waals surface area contributed by atoms with Crippen LogP contribution in [0.15, 0.2) is 0 Å². The second-order valence-electron chi connectivity index (χ2n) is 2.88. The van der Waals surface area contributed by atoms with Crippen LogP contribution in [0.4, 0.5) is 0 Å². The first-order valence-corrected chi connectivity index (χ1v) is 4.44. The van der Waals surface area contributed by atoms with Crippen molar-refractivity contribution >= 4 is 7.82 Å². The number of hydrogen-bond acceptors (Lipinski definition) is 3. The van der Waals surface area contributed by atoms with Crippen molar-refractivity contribution < 1.29 is 18.5 Å². The zero-order valence-corrected chi connectivity index (χ0v) is 7.59. The molecule has 0 aromatic heterocycles. The largest absolute Gasteiger partial charge is 0.536 e. The van der Waals surface area contributed by atoms with Gasteiger partial charge in [0, 0.05) is 0 Å².